The molecule has 0 N–H and O–H groups in total. The minimum atomic E-state index is -0.252. The summed E-state index contributed by atoms with van der Waals surface area (Å²) in [4.78, 5) is 4.24. The third-order valence-electron chi connectivity index (χ3n) is 8.18. The van der Waals surface area contributed by atoms with Gasteiger partial charge >= 0.3 is 0 Å². The molecule has 4 nitrogen and oxygen atoms in total. The molecule has 0 radical (unpaired) electrons. The Balaban J connectivity index is 1.23. The molecule has 0 spiro atoms. The lowest BCUT2D eigenvalue weighted by atomic mass is 10.1. The van der Waals surface area contributed by atoms with Gasteiger partial charge in [-0.1, -0.05) is 30.3 Å². The average molecular weight is 563 g/mol. The first-order valence-corrected chi connectivity index (χ1v) is 14.3. The van der Waals surface area contributed by atoms with E-state index >= 15 is 0 Å². The molecule has 0 amide bonds. The van der Waals surface area contributed by atoms with Crippen LogP contribution in [0.3, 0.4) is 0 Å². The summed E-state index contributed by atoms with van der Waals surface area (Å²) in [6.45, 7) is 2.08. The first-order valence-electron chi connectivity index (χ1n) is 14.3. The van der Waals surface area contributed by atoms with Gasteiger partial charge in [-0.25, -0.2) is 4.39 Å². The number of para-hydroxylation sites is 1. The highest BCUT2D eigenvalue weighted by atomic mass is 19.1. The molecule has 43 heavy (non-hydrogen) atoms. The van der Waals surface area contributed by atoms with Crippen molar-refractivity contribution >= 4 is 72.3 Å². The molecule has 2 heterocycles. The van der Waals surface area contributed by atoms with Gasteiger partial charge in [0, 0.05) is 75.2 Å². The van der Waals surface area contributed by atoms with Crippen molar-refractivity contribution in [2.24, 2.45) is 0 Å². The van der Waals surface area contributed by atoms with Gasteiger partial charge in [0.2, 0.25) is 0 Å². The van der Waals surface area contributed by atoms with E-state index in [0.717, 1.165) is 72.3 Å². The molecule has 2 aromatic heterocycles. The second-order valence-corrected chi connectivity index (χ2v) is 11.0. The van der Waals surface area contributed by atoms with E-state index in [-0.39, 0.29) is 5.82 Å². The number of furan rings is 2. The maximum absolute atomic E-state index is 13.5. The molecule has 0 saturated carbocycles. The lowest BCUT2D eigenvalue weighted by molar-refractivity contribution is 0.628. The van der Waals surface area contributed by atoms with Gasteiger partial charge in [-0.05, 0) is 91.3 Å². The number of nitrogens with zero attached hydrogens (tertiary/aromatic N) is 2. The second kappa shape index (κ2) is 9.78. The molecule has 208 valence electrons. The van der Waals surface area contributed by atoms with E-state index in [1.807, 2.05) is 36.2 Å². The molecule has 6 aromatic carbocycles. The van der Waals surface area contributed by atoms with E-state index in [4.69, 9.17) is 8.83 Å². The summed E-state index contributed by atoms with van der Waals surface area (Å²) in [5.74, 6) is -0.252. The maximum Gasteiger partial charge on any atom is 0.137 e. The fourth-order valence-corrected chi connectivity index (χ4v) is 5.95. The normalized spacial score (nSPS) is 11.6. The number of hydrogen-bond acceptors (Lipinski definition) is 4. The SMILES string of the molecule is Cc1ccc2c(c1)oc1cc(N(c3ccccc3)c3ccc4c(c3)oc3cc(N(C)c5ccc(F)cc5)ccc34)ccc12. The van der Waals surface area contributed by atoms with Gasteiger partial charge in [0.1, 0.15) is 28.1 Å². The molecule has 0 aliphatic rings. The minimum absolute atomic E-state index is 0.252. The van der Waals surface area contributed by atoms with Gasteiger partial charge in [0.15, 0.2) is 0 Å². The molecule has 0 fully saturated rings. The van der Waals surface area contributed by atoms with E-state index in [0.29, 0.717) is 0 Å². The molecule has 0 atom stereocenters. The number of anilines is 5. The molecule has 0 saturated heterocycles. The topological polar surface area (TPSA) is 32.8 Å². The molecule has 8 aromatic rings. The molecule has 5 heteroatoms. The summed E-state index contributed by atoms with van der Waals surface area (Å²) < 4.78 is 26.2. The van der Waals surface area contributed by atoms with Crippen LogP contribution in [-0.2, 0) is 0 Å². The number of halogens is 1. The third-order valence-corrected chi connectivity index (χ3v) is 8.18. The highest BCUT2D eigenvalue weighted by molar-refractivity contribution is 6.08. The zero-order chi connectivity index (χ0) is 29.1. The second-order valence-electron chi connectivity index (χ2n) is 11.0. The first-order chi connectivity index (χ1) is 21.0. The zero-order valence-electron chi connectivity index (χ0n) is 23.7. The van der Waals surface area contributed by atoms with E-state index in [9.17, 15) is 4.39 Å². The fraction of sp³-hybridized carbons (Fsp3) is 0.0526. The van der Waals surface area contributed by atoms with E-state index in [2.05, 4.69) is 90.7 Å². The van der Waals surface area contributed by atoms with Crippen molar-refractivity contribution in [3.8, 4) is 0 Å². The molecule has 0 aliphatic heterocycles. The van der Waals surface area contributed by atoms with Crippen molar-refractivity contribution in [2.75, 3.05) is 16.8 Å². The zero-order valence-corrected chi connectivity index (χ0v) is 23.7. The van der Waals surface area contributed by atoms with Crippen LogP contribution >= 0.6 is 0 Å². The summed E-state index contributed by atoms with van der Waals surface area (Å²) in [6.07, 6.45) is 0. The standard InChI is InChI=1S/C38H27FN2O2/c1-24-8-16-31-33-18-14-29(22-37(33)42-35(31)20-24)41(27-6-4-3-5-7-27)30-15-19-34-32-17-13-28(21-36(32)43-38(34)23-30)40(2)26-11-9-25(39)10-12-26/h3-23H,1-2H3. The quantitative estimate of drug-likeness (QED) is 0.209. The number of hydrogen-bond donors (Lipinski definition) is 0. The Bertz CT molecular complexity index is 2280. The lowest BCUT2D eigenvalue weighted by Crippen LogP contribution is -2.09. The molecule has 0 bridgehead atoms. The molecule has 0 aliphatic carbocycles. The van der Waals surface area contributed by atoms with Crippen LogP contribution in [0.4, 0.5) is 32.8 Å². The van der Waals surface area contributed by atoms with Crippen LogP contribution < -0.4 is 9.80 Å². The van der Waals surface area contributed by atoms with Crippen molar-refractivity contribution in [1.82, 2.24) is 0 Å². The molecular weight excluding hydrogens is 535 g/mol. The van der Waals surface area contributed by atoms with E-state index in [1.54, 1.807) is 12.1 Å². The lowest BCUT2D eigenvalue weighted by Gasteiger charge is -2.25. The molecule has 0 unspecified atom stereocenters. The van der Waals surface area contributed by atoms with Gasteiger partial charge in [-0.2, -0.15) is 0 Å². The third kappa shape index (κ3) is 4.29. The number of rotatable bonds is 5. The Morgan fingerprint density at radius 1 is 0.465 bits per heavy atom. The molecule has 8 rings (SSSR count). The van der Waals surface area contributed by atoms with Crippen molar-refractivity contribution in [2.45, 2.75) is 6.92 Å². The summed E-state index contributed by atoms with van der Waals surface area (Å²) in [6, 6.07) is 42.1. The van der Waals surface area contributed by atoms with E-state index < -0.39 is 0 Å². The smallest absolute Gasteiger partial charge is 0.137 e. The number of benzene rings is 6. The fourth-order valence-electron chi connectivity index (χ4n) is 5.95. The van der Waals surface area contributed by atoms with Crippen LogP contribution in [0.5, 0.6) is 0 Å². The highest BCUT2D eigenvalue weighted by Crippen LogP contribution is 2.41. The summed E-state index contributed by atoms with van der Waals surface area (Å²) in [5.41, 5.74) is 9.37. The van der Waals surface area contributed by atoms with Gasteiger partial charge in [-0.3, -0.25) is 0 Å². The number of aryl methyl sites for hydroxylation is 1. The van der Waals surface area contributed by atoms with Crippen molar-refractivity contribution < 1.29 is 13.2 Å². The van der Waals surface area contributed by atoms with Crippen molar-refractivity contribution in [3.05, 3.63) is 139 Å². The first kappa shape index (κ1) is 25.2. The summed E-state index contributed by atoms with van der Waals surface area (Å²) in [7, 11) is 1.97. The van der Waals surface area contributed by atoms with Crippen LogP contribution in [0.15, 0.2) is 136 Å². The van der Waals surface area contributed by atoms with E-state index in [1.165, 1.54) is 17.7 Å². The predicted molar refractivity (Wildman–Crippen MR) is 175 cm³/mol. The largest absolute Gasteiger partial charge is 0.456 e. The number of fused-ring (bicyclic) bond motifs is 6. The predicted octanol–water partition coefficient (Wildman–Crippen LogP) is 11.2. The van der Waals surface area contributed by atoms with Crippen LogP contribution in [0, 0.1) is 12.7 Å². The molecular formula is C38H27FN2O2. The van der Waals surface area contributed by atoms with Crippen LogP contribution in [0.2, 0.25) is 0 Å². The van der Waals surface area contributed by atoms with Crippen LogP contribution in [0.25, 0.3) is 43.9 Å². The van der Waals surface area contributed by atoms with Gasteiger partial charge in [0.25, 0.3) is 0 Å². The van der Waals surface area contributed by atoms with Crippen molar-refractivity contribution in [1.29, 1.82) is 0 Å². The summed E-state index contributed by atoms with van der Waals surface area (Å²) in [5, 5.41) is 4.31. The van der Waals surface area contributed by atoms with Crippen LogP contribution in [-0.4, -0.2) is 7.05 Å². The maximum atomic E-state index is 13.5. The van der Waals surface area contributed by atoms with Gasteiger partial charge in [0.05, 0.1) is 0 Å². The summed E-state index contributed by atoms with van der Waals surface area (Å²) >= 11 is 0. The monoisotopic (exact) mass is 562 g/mol. The minimum Gasteiger partial charge on any atom is -0.456 e. The van der Waals surface area contributed by atoms with Gasteiger partial charge < -0.3 is 18.6 Å². The van der Waals surface area contributed by atoms with Crippen molar-refractivity contribution in [3.63, 3.8) is 0 Å². The van der Waals surface area contributed by atoms with Crippen LogP contribution in [0.1, 0.15) is 5.56 Å². The average Bonchev–Trinajstić information content (AvgIpc) is 3.58. The Labute approximate surface area is 247 Å². The Morgan fingerprint density at radius 3 is 1.51 bits per heavy atom. The Morgan fingerprint density at radius 2 is 0.930 bits per heavy atom. The Hall–Kier alpha value is -5.55. The van der Waals surface area contributed by atoms with Gasteiger partial charge in [-0.15, -0.1) is 0 Å². The highest BCUT2D eigenvalue weighted by Gasteiger charge is 2.18. The Kier molecular flexibility index (Phi) is 5.73.